The predicted molar refractivity (Wildman–Crippen MR) is 84.8 cm³/mol. The number of benzene rings is 1. The highest BCUT2D eigenvalue weighted by molar-refractivity contribution is 5.19. The Morgan fingerprint density at radius 2 is 2.14 bits per heavy atom. The normalized spacial score (nSPS) is 24.2. The van der Waals surface area contributed by atoms with Crippen molar-refractivity contribution in [1.82, 2.24) is 5.32 Å². The molecule has 0 heterocycles. The summed E-state index contributed by atoms with van der Waals surface area (Å²) >= 11 is 0. The van der Waals surface area contributed by atoms with Gasteiger partial charge in [0.05, 0.1) is 12.2 Å². The topological polar surface area (TPSA) is 21.3 Å². The standard InChI is InChI=1S/C18H28FNO/c1-13(2)20-12-18(15-7-5-8-16(19)11-15)21-17-9-4-6-14(3)10-17/h5,7-8,11,13-14,17-18,20H,4,6,9-10,12H2,1-3H3. The SMILES string of the molecule is CC1CCCC(OC(CNC(C)C)c2cccc(F)c2)C1. The van der Waals surface area contributed by atoms with Crippen molar-refractivity contribution >= 4 is 0 Å². The van der Waals surface area contributed by atoms with Crippen LogP contribution in [0, 0.1) is 11.7 Å². The second-order valence-electron chi connectivity index (χ2n) is 6.64. The molecule has 0 bridgehead atoms. The van der Waals surface area contributed by atoms with Crippen LogP contribution in [0.25, 0.3) is 0 Å². The maximum atomic E-state index is 13.5. The summed E-state index contributed by atoms with van der Waals surface area (Å²) in [7, 11) is 0. The van der Waals surface area contributed by atoms with E-state index in [0.29, 0.717) is 12.1 Å². The van der Waals surface area contributed by atoms with E-state index in [0.717, 1.165) is 30.9 Å². The van der Waals surface area contributed by atoms with Crippen molar-refractivity contribution in [3.63, 3.8) is 0 Å². The first-order valence-electron chi connectivity index (χ1n) is 8.19. The van der Waals surface area contributed by atoms with Gasteiger partial charge in [-0.25, -0.2) is 4.39 Å². The molecule has 2 nitrogen and oxygen atoms in total. The number of halogens is 1. The lowest BCUT2D eigenvalue weighted by Crippen LogP contribution is -2.32. The van der Waals surface area contributed by atoms with E-state index >= 15 is 0 Å². The van der Waals surface area contributed by atoms with Gasteiger partial charge in [0.1, 0.15) is 5.82 Å². The van der Waals surface area contributed by atoms with E-state index in [1.54, 1.807) is 12.1 Å². The number of hydrogen-bond acceptors (Lipinski definition) is 2. The zero-order valence-corrected chi connectivity index (χ0v) is 13.4. The van der Waals surface area contributed by atoms with E-state index in [1.165, 1.54) is 18.9 Å². The highest BCUT2D eigenvalue weighted by atomic mass is 19.1. The molecule has 1 aliphatic carbocycles. The highest BCUT2D eigenvalue weighted by Gasteiger charge is 2.24. The van der Waals surface area contributed by atoms with Crippen LogP contribution in [0.15, 0.2) is 24.3 Å². The molecule has 1 fully saturated rings. The Morgan fingerprint density at radius 1 is 1.33 bits per heavy atom. The van der Waals surface area contributed by atoms with Crippen molar-refractivity contribution in [2.45, 2.75) is 64.7 Å². The summed E-state index contributed by atoms with van der Waals surface area (Å²) in [4.78, 5) is 0. The average Bonchev–Trinajstić information content (AvgIpc) is 2.43. The van der Waals surface area contributed by atoms with Crippen molar-refractivity contribution in [1.29, 1.82) is 0 Å². The minimum atomic E-state index is -0.192. The van der Waals surface area contributed by atoms with Crippen molar-refractivity contribution in [3.05, 3.63) is 35.6 Å². The van der Waals surface area contributed by atoms with E-state index in [-0.39, 0.29) is 11.9 Å². The number of hydrogen-bond donors (Lipinski definition) is 1. The Balaban J connectivity index is 2.04. The fourth-order valence-electron chi connectivity index (χ4n) is 3.03. The van der Waals surface area contributed by atoms with Crippen LogP contribution in [0.5, 0.6) is 0 Å². The van der Waals surface area contributed by atoms with Crippen molar-refractivity contribution in [2.75, 3.05) is 6.54 Å². The molecule has 21 heavy (non-hydrogen) atoms. The van der Waals surface area contributed by atoms with Crippen LogP contribution in [0.1, 0.15) is 58.1 Å². The van der Waals surface area contributed by atoms with Gasteiger partial charge in [-0.05, 0) is 36.5 Å². The van der Waals surface area contributed by atoms with Gasteiger partial charge in [0, 0.05) is 12.6 Å². The van der Waals surface area contributed by atoms with Crippen LogP contribution in [0.2, 0.25) is 0 Å². The van der Waals surface area contributed by atoms with Crippen LogP contribution in [-0.2, 0) is 4.74 Å². The summed E-state index contributed by atoms with van der Waals surface area (Å²) in [6.45, 7) is 7.25. The lowest BCUT2D eigenvalue weighted by molar-refractivity contribution is -0.0402. The van der Waals surface area contributed by atoms with E-state index in [1.807, 2.05) is 6.07 Å². The quantitative estimate of drug-likeness (QED) is 0.836. The minimum Gasteiger partial charge on any atom is -0.369 e. The second kappa shape index (κ2) is 7.90. The number of ether oxygens (including phenoxy) is 1. The molecule has 1 saturated carbocycles. The third kappa shape index (κ3) is 5.40. The maximum absolute atomic E-state index is 13.5. The van der Waals surface area contributed by atoms with Gasteiger partial charge in [0.2, 0.25) is 0 Å². The van der Waals surface area contributed by atoms with Crippen LogP contribution in [-0.4, -0.2) is 18.7 Å². The van der Waals surface area contributed by atoms with Gasteiger partial charge >= 0.3 is 0 Å². The van der Waals surface area contributed by atoms with E-state index < -0.39 is 0 Å². The summed E-state index contributed by atoms with van der Waals surface area (Å²) in [5.41, 5.74) is 0.932. The fraction of sp³-hybridized carbons (Fsp3) is 0.667. The van der Waals surface area contributed by atoms with Gasteiger partial charge in [-0.2, -0.15) is 0 Å². The van der Waals surface area contributed by atoms with Crippen LogP contribution < -0.4 is 5.32 Å². The molecule has 0 spiro atoms. The number of nitrogens with one attached hydrogen (secondary N) is 1. The van der Waals surface area contributed by atoms with E-state index in [4.69, 9.17) is 4.74 Å². The van der Waals surface area contributed by atoms with Gasteiger partial charge in [-0.3, -0.25) is 0 Å². The molecule has 1 N–H and O–H groups in total. The largest absolute Gasteiger partial charge is 0.369 e. The molecule has 0 saturated heterocycles. The first-order valence-corrected chi connectivity index (χ1v) is 8.19. The lowest BCUT2D eigenvalue weighted by Gasteiger charge is -2.31. The molecule has 0 amide bonds. The molecule has 118 valence electrons. The predicted octanol–water partition coefficient (Wildman–Crippen LogP) is 4.46. The molecule has 2 rings (SSSR count). The lowest BCUT2D eigenvalue weighted by atomic mass is 9.88. The Bertz CT molecular complexity index is 435. The summed E-state index contributed by atoms with van der Waals surface area (Å²) in [5.74, 6) is 0.539. The number of rotatable bonds is 6. The molecule has 1 aromatic rings. The van der Waals surface area contributed by atoms with E-state index in [9.17, 15) is 4.39 Å². The Hall–Kier alpha value is -0.930. The first kappa shape index (κ1) is 16.4. The van der Waals surface area contributed by atoms with Crippen molar-refractivity contribution < 1.29 is 9.13 Å². The summed E-state index contributed by atoms with van der Waals surface area (Å²) in [6, 6.07) is 7.20. The average molecular weight is 293 g/mol. The van der Waals surface area contributed by atoms with Gasteiger partial charge in [-0.15, -0.1) is 0 Å². The summed E-state index contributed by atoms with van der Waals surface area (Å²) in [6.07, 6.45) is 5.01. The summed E-state index contributed by atoms with van der Waals surface area (Å²) < 4.78 is 19.8. The molecule has 3 atom stereocenters. The first-order chi connectivity index (χ1) is 10.0. The molecule has 0 aliphatic heterocycles. The zero-order chi connectivity index (χ0) is 15.2. The zero-order valence-electron chi connectivity index (χ0n) is 13.4. The highest BCUT2D eigenvalue weighted by Crippen LogP contribution is 2.30. The molecule has 3 unspecified atom stereocenters. The molecule has 1 aromatic carbocycles. The molecular weight excluding hydrogens is 265 g/mol. The fourth-order valence-corrected chi connectivity index (χ4v) is 3.03. The molecule has 3 heteroatoms. The summed E-state index contributed by atoms with van der Waals surface area (Å²) in [5, 5.41) is 3.42. The Kier molecular flexibility index (Phi) is 6.19. The van der Waals surface area contributed by atoms with Gasteiger partial charge in [0.15, 0.2) is 0 Å². The Labute approximate surface area is 128 Å². The Morgan fingerprint density at radius 3 is 2.81 bits per heavy atom. The van der Waals surface area contributed by atoms with Crippen LogP contribution >= 0.6 is 0 Å². The van der Waals surface area contributed by atoms with Gasteiger partial charge < -0.3 is 10.1 Å². The van der Waals surface area contributed by atoms with Crippen LogP contribution in [0.3, 0.4) is 0 Å². The van der Waals surface area contributed by atoms with Gasteiger partial charge in [-0.1, -0.05) is 45.7 Å². The molecule has 1 aliphatic rings. The van der Waals surface area contributed by atoms with Gasteiger partial charge in [0.25, 0.3) is 0 Å². The second-order valence-corrected chi connectivity index (χ2v) is 6.64. The smallest absolute Gasteiger partial charge is 0.123 e. The van der Waals surface area contributed by atoms with E-state index in [2.05, 4.69) is 26.1 Å². The third-order valence-electron chi connectivity index (χ3n) is 4.18. The maximum Gasteiger partial charge on any atom is 0.123 e. The van der Waals surface area contributed by atoms with Crippen molar-refractivity contribution in [2.24, 2.45) is 5.92 Å². The van der Waals surface area contributed by atoms with Crippen LogP contribution in [0.4, 0.5) is 4.39 Å². The molecule has 0 radical (unpaired) electrons. The third-order valence-corrected chi connectivity index (χ3v) is 4.18. The molecular formula is C18H28FNO. The molecule has 0 aromatic heterocycles. The minimum absolute atomic E-state index is 0.0709. The van der Waals surface area contributed by atoms with Crippen molar-refractivity contribution in [3.8, 4) is 0 Å². The monoisotopic (exact) mass is 293 g/mol.